The van der Waals surface area contributed by atoms with Gasteiger partial charge in [-0.05, 0) is 24.1 Å². The molecule has 90 valence electrons. The van der Waals surface area contributed by atoms with E-state index in [0.717, 1.165) is 6.42 Å². The van der Waals surface area contributed by atoms with Crippen molar-refractivity contribution in [3.63, 3.8) is 0 Å². The van der Waals surface area contributed by atoms with Crippen LogP contribution in [0.2, 0.25) is 5.02 Å². The molecule has 0 aromatic heterocycles. The fourth-order valence-electron chi connectivity index (χ4n) is 2.04. The van der Waals surface area contributed by atoms with Gasteiger partial charge >= 0.3 is 5.97 Å². The van der Waals surface area contributed by atoms with Crippen molar-refractivity contribution >= 4 is 23.5 Å². The number of carboxylic acid groups (broad SMARTS) is 1. The summed E-state index contributed by atoms with van der Waals surface area (Å²) >= 11 is 5.76. The van der Waals surface area contributed by atoms with Gasteiger partial charge in [0.1, 0.15) is 0 Å². The third-order valence-electron chi connectivity index (χ3n) is 2.84. The van der Waals surface area contributed by atoms with Crippen LogP contribution in [0.1, 0.15) is 24.4 Å². The molecular weight excluding hydrogens is 242 g/mol. The average Bonchev–Trinajstić information content (AvgIpc) is 2.68. The van der Waals surface area contributed by atoms with Gasteiger partial charge in [-0.2, -0.15) is 0 Å². The van der Waals surface area contributed by atoms with E-state index >= 15 is 0 Å². The first-order chi connectivity index (χ1) is 8.09. The zero-order valence-corrected chi connectivity index (χ0v) is 9.85. The van der Waals surface area contributed by atoms with Crippen LogP contribution in [0.15, 0.2) is 24.3 Å². The van der Waals surface area contributed by atoms with Gasteiger partial charge in [0.15, 0.2) is 6.04 Å². The van der Waals surface area contributed by atoms with E-state index in [1.165, 1.54) is 4.90 Å². The lowest BCUT2D eigenvalue weighted by molar-refractivity contribution is -0.148. The van der Waals surface area contributed by atoms with Crippen LogP contribution in [0, 0.1) is 0 Å². The predicted octanol–water partition coefficient (Wildman–Crippen LogP) is 2.09. The number of carboxylic acids is 1. The summed E-state index contributed by atoms with van der Waals surface area (Å²) in [7, 11) is 0. The quantitative estimate of drug-likeness (QED) is 0.897. The van der Waals surface area contributed by atoms with Gasteiger partial charge in [0, 0.05) is 18.0 Å². The second-order valence-corrected chi connectivity index (χ2v) is 4.42. The highest BCUT2D eigenvalue weighted by molar-refractivity contribution is 6.30. The van der Waals surface area contributed by atoms with Gasteiger partial charge in [-0.25, -0.2) is 4.79 Å². The first-order valence-electron chi connectivity index (χ1n) is 5.37. The highest BCUT2D eigenvalue weighted by Gasteiger charge is 2.33. The van der Waals surface area contributed by atoms with Crippen LogP contribution in [-0.4, -0.2) is 28.4 Å². The van der Waals surface area contributed by atoms with Gasteiger partial charge in [0.25, 0.3) is 0 Å². The summed E-state index contributed by atoms with van der Waals surface area (Å²) in [5.74, 6) is -1.12. The van der Waals surface area contributed by atoms with Crippen molar-refractivity contribution in [1.29, 1.82) is 0 Å². The van der Waals surface area contributed by atoms with Crippen molar-refractivity contribution in [2.75, 3.05) is 6.54 Å². The Balaban J connectivity index is 2.32. The Kier molecular flexibility index (Phi) is 3.33. The molecule has 0 radical (unpaired) electrons. The number of hydrogen-bond acceptors (Lipinski definition) is 2. The lowest BCUT2D eigenvalue weighted by atomic mass is 10.1. The van der Waals surface area contributed by atoms with Crippen LogP contribution in [0.4, 0.5) is 0 Å². The van der Waals surface area contributed by atoms with Crippen LogP contribution in [0.5, 0.6) is 0 Å². The van der Waals surface area contributed by atoms with Gasteiger partial charge in [0.05, 0.1) is 0 Å². The number of likely N-dealkylation sites (tertiary alicyclic amines) is 1. The second-order valence-electron chi connectivity index (χ2n) is 3.98. The van der Waals surface area contributed by atoms with Crippen molar-refractivity contribution in [2.45, 2.75) is 18.9 Å². The number of halogens is 1. The van der Waals surface area contributed by atoms with Crippen LogP contribution in [0.25, 0.3) is 0 Å². The number of hydrogen-bond donors (Lipinski definition) is 1. The van der Waals surface area contributed by atoms with Crippen LogP contribution in [0.3, 0.4) is 0 Å². The van der Waals surface area contributed by atoms with Gasteiger partial charge in [-0.15, -0.1) is 0 Å². The molecule has 0 aliphatic carbocycles. The van der Waals surface area contributed by atoms with Gasteiger partial charge in [-0.3, -0.25) is 4.79 Å². The summed E-state index contributed by atoms with van der Waals surface area (Å²) in [4.78, 5) is 24.3. The average molecular weight is 254 g/mol. The fourth-order valence-corrected chi connectivity index (χ4v) is 2.17. The molecule has 1 aromatic carbocycles. The standard InChI is InChI=1S/C12H12ClNO3/c13-9-5-3-8(4-6-9)11(12(16)17)14-7-1-2-10(14)15/h3-6,11H,1-2,7H2,(H,16,17). The second kappa shape index (κ2) is 4.75. The number of carbonyl (C=O) groups is 2. The van der Waals surface area contributed by atoms with Crippen molar-refractivity contribution in [3.8, 4) is 0 Å². The van der Waals surface area contributed by atoms with E-state index in [0.29, 0.717) is 23.6 Å². The predicted molar refractivity (Wildman–Crippen MR) is 62.8 cm³/mol. The highest BCUT2D eigenvalue weighted by atomic mass is 35.5. The Hall–Kier alpha value is -1.55. The topological polar surface area (TPSA) is 57.6 Å². The van der Waals surface area contributed by atoms with E-state index in [9.17, 15) is 14.7 Å². The van der Waals surface area contributed by atoms with Crippen LogP contribution >= 0.6 is 11.6 Å². The molecule has 1 amide bonds. The first-order valence-corrected chi connectivity index (χ1v) is 5.75. The summed E-state index contributed by atoms with van der Waals surface area (Å²) < 4.78 is 0. The maximum Gasteiger partial charge on any atom is 0.331 e. The van der Waals surface area contributed by atoms with Crippen molar-refractivity contribution in [1.82, 2.24) is 4.90 Å². The van der Waals surface area contributed by atoms with Crippen LogP contribution < -0.4 is 0 Å². The third kappa shape index (κ3) is 2.42. The van der Waals surface area contributed by atoms with E-state index in [1.54, 1.807) is 24.3 Å². The molecule has 4 nitrogen and oxygen atoms in total. The number of carbonyl (C=O) groups excluding carboxylic acids is 1. The Labute approximate surface area is 104 Å². The lowest BCUT2D eigenvalue weighted by Gasteiger charge is -2.24. The zero-order chi connectivity index (χ0) is 12.4. The molecular formula is C12H12ClNO3. The van der Waals surface area contributed by atoms with Gasteiger partial charge < -0.3 is 10.0 Å². The van der Waals surface area contributed by atoms with Crippen LogP contribution in [-0.2, 0) is 9.59 Å². The molecule has 1 unspecified atom stereocenters. The Bertz CT molecular complexity index is 444. The van der Waals surface area contributed by atoms with E-state index in [-0.39, 0.29) is 5.91 Å². The first kappa shape index (κ1) is 11.9. The van der Waals surface area contributed by atoms with Gasteiger partial charge in [0.2, 0.25) is 5.91 Å². The monoisotopic (exact) mass is 253 g/mol. The smallest absolute Gasteiger partial charge is 0.331 e. The van der Waals surface area contributed by atoms with Crippen molar-refractivity contribution in [2.24, 2.45) is 0 Å². The van der Waals surface area contributed by atoms with E-state index in [2.05, 4.69) is 0 Å². The minimum atomic E-state index is -1.01. The normalized spacial score (nSPS) is 17.2. The molecule has 0 bridgehead atoms. The number of aliphatic carboxylic acids is 1. The SMILES string of the molecule is O=C(O)C(c1ccc(Cl)cc1)N1CCCC1=O. The third-order valence-corrected chi connectivity index (χ3v) is 3.09. The summed E-state index contributed by atoms with van der Waals surface area (Å²) in [6.07, 6.45) is 1.15. The van der Waals surface area contributed by atoms with Gasteiger partial charge in [-0.1, -0.05) is 23.7 Å². The largest absolute Gasteiger partial charge is 0.479 e. The molecule has 17 heavy (non-hydrogen) atoms. The molecule has 1 aromatic rings. The molecule has 0 spiro atoms. The highest BCUT2D eigenvalue weighted by Crippen LogP contribution is 2.27. The molecule has 1 fully saturated rings. The number of amides is 1. The lowest BCUT2D eigenvalue weighted by Crippen LogP contribution is -2.34. The molecule has 1 aliphatic heterocycles. The number of nitrogens with zero attached hydrogens (tertiary/aromatic N) is 1. The van der Waals surface area contributed by atoms with E-state index in [4.69, 9.17) is 11.6 Å². The number of rotatable bonds is 3. The minimum Gasteiger partial charge on any atom is -0.479 e. The van der Waals surface area contributed by atoms with E-state index in [1.807, 2.05) is 0 Å². The molecule has 1 N–H and O–H groups in total. The maximum absolute atomic E-state index is 11.6. The summed E-state index contributed by atoms with van der Waals surface area (Å²) in [5, 5.41) is 9.79. The van der Waals surface area contributed by atoms with Crippen molar-refractivity contribution in [3.05, 3.63) is 34.9 Å². The molecule has 1 heterocycles. The number of benzene rings is 1. The fraction of sp³-hybridized carbons (Fsp3) is 0.333. The Morgan fingerprint density at radius 3 is 2.47 bits per heavy atom. The van der Waals surface area contributed by atoms with E-state index < -0.39 is 12.0 Å². The molecule has 2 rings (SSSR count). The molecule has 5 heteroatoms. The Morgan fingerprint density at radius 1 is 1.35 bits per heavy atom. The Morgan fingerprint density at radius 2 is 2.00 bits per heavy atom. The van der Waals surface area contributed by atoms with Crippen molar-refractivity contribution < 1.29 is 14.7 Å². The maximum atomic E-state index is 11.6. The molecule has 0 saturated carbocycles. The molecule has 1 atom stereocenters. The zero-order valence-electron chi connectivity index (χ0n) is 9.10. The molecule has 1 aliphatic rings. The molecule has 1 saturated heterocycles. The summed E-state index contributed by atoms with van der Waals surface area (Å²) in [6, 6.07) is 5.66. The minimum absolute atomic E-state index is 0.104. The summed E-state index contributed by atoms with van der Waals surface area (Å²) in [6.45, 7) is 0.498. The summed E-state index contributed by atoms with van der Waals surface area (Å²) in [5.41, 5.74) is 0.581.